The fourth-order valence-electron chi connectivity index (χ4n) is 1.73. The summed E-state index contributed by atoms with van der Waals surface area (Å²) >= 11 is 0. The van der Waals surface area contributed by atoms with Gasteiger partial charge in [0.15, 0.2) is 5.75 Å². The van der Waals surface area contributed by atoms with E-state index in [-0.39, 0.29) is 6.04 Å². The van der Waals surface area contributed by atoms with Gasteiger partial charge in [0.25, 0.3) is 0 Å². The van der Waals surface area contributed by atoms with E-state index in [1.54, 1.807) is 6.92 Å². The van der Waals surface area contributed by atoms with E-state index < -0.39 is 21.7 Å². The van der Waals surface area contributed by atoms with Gasteiger partial charge in [-0.3, -0.25) is 4.79 Å². The fourth-order valence-corrected chi connectivity index (χ4v) is 2.87. The van der Waals surface area contributed by atoms with Crippen molar-refractivity contribution >= 4 is 16.0 Å². The molecule has 0 aromatic rings. The zero-order chi connectivity index (χ0) is 14.2. The van der Waals surface area contributed by atoms with E-state index in [1.807, 2.05) is 0 Å². The number of rotatable bonds is 10. The van der Waals surface area contributed by atoms with Crippen LogP contribution in [0.1, 0.15) is 33.6 Å². The van der Waals surface area contributed by atoms with Crippen LogP contribution in [0, 0.1) is 0 Å². The molecule has 2 N–H and O–H groups in total. The van der Waals surface area contributed by atoms with Crippen molar-refractivity contribution in [2.75, 3.05) is 25.4 Å². The van der Waals surface area contributed by atoms with Crippen molar-refractivity contribution in [2.24, 2.45) is 0 Å². The molecule has 18 heavy (non-hydrogen) atoms. The standard InChI is InChI=1S/C11H24N2O4S/c1-4-13(5-2)8-6-7-10(3)12-18(16,17)9-11(14)15/h10,12H,4-9H2,1-3H3,(H,14,15). The van der Waals surface area contributed by atoms with E-state index in [4.69, 9.17) is 5.11 Å². The molecular weight excluding hydrogens is 256 g/mol. The largest absolute Gasteiger partial charge is 0.480 e. The third-order valence-electron chi connectivity index (χ3n) is 2.70. The van der Waals surface area contributed by atoms with Crippen LogP contribution in [0.3, 0.4) is 0 Å². The molecule has 0 spiro atoms. The second kappa shape index (κ2) is 8.44. The monoisotopic (exact) mass is 280 g/mol. The minimum atomic E-state index is -3.71. The van der Waals surface area contributed by atoms with Crippen LogP contribution in [-0.4, -0.2) is 55.8 Å². The van der Waals surface area contributed by atoms with Gasteiger partial charge in [-0.1, -0.05) is 13.8 Å². The zero-order valence-corrected chi connectivity index (χ0v) is 12.2. The highest BCUT2D eigenvalue weighted by atomic mass is 32.2. The van der Waals surface area contributed by atoms with Crippen molar-refractivity contribution in [2.45, 2.75) is 39.7 Å². The summed E-state index contributed by atoms with van der Waals surface area (Å²) in [5, 5.41) is 8.45. The summed E-state index contributed by atoms with van der Waals surface area (Å²) in [6.07, 6.45) is 1.59. The molecular formula is C11H24N2O4S. The van der Waals surface area contributed by atoms with E-state index in [9.17, 15) is 13.2 Å². The Balaban J connectivity index is 3.97. The number of carbonyl (C=O) groups is 1. The maximum Gasteiger partial charge on any atom is 0.320 e. The maximum absolute atomic E-state index is 11.4. The summed E-state index contributed by atoms with van der Waals surface area (Å²) in [6.45, 7) is 8.82. The second-order valence-electron chi connectivity index (χ2n) is 4.34. The number of carboxylic acids is 1. The number of nitrogens with one attached hydrogen (secondary N) is 1. The van der Waals surface area contributed by atoms with E-state index in [2.05, 4.69) is 23.5 Å². The van der Waals surface area contributed by atoms with Gasteiger partial charge < -0.3 is 10.0 Å². The number of sulfonamides is 1. The van der Waals surface area contributed by atoms with Crippen molar-refractivity contribution in [3.05, 3.63) is 0 Å². The molecule has 1 atom stereocenters. The van der Waals surface area contributed by atoms with Gasteiger partial charge in [-0.2, -0.15) is 0 Å². The third-order valence-corrected chi connectivity index (χ3v) is 4.09. The Morgan fingerprint density at radius 3 is 2.33 bits per heavy atom. The van der Waals surface area contributed by atoms with E-state index >= 15 is 0 Å². The predicted molar refractivity (Wildman–Crippen MR) is 71.0 cm³/mol. The van der Waals surface area contributed by atoms with Gasteiger partial charge in [0.05, 0.1) is 0 Å². The van der Waals surface area contributed by atoms with Gasteiger partial charge in [-0.05, 0) is 39.4 Å². The lowest BCUT2D eigenvalue weighted by Gasteiger charge is -2.19. The van der Waals surface area contributed by atoms with E-state index in [1.165, 1.54) is 0 Å². The summed E-state index contributed by atoms with van der Waals surface area (Å²) < 4.78 is 25.1. The summed E-state index contributed by atoms with van der Waals surface area (Å²) in [7, 11) is -3.71. The molecule has 6 nitrogen and oxygen atoms in total. The Kier molecular flexibility index (Phi) is 8.13. The van der Waals surface area contributed by atoms with Crippen molar-refractivity contribution < 1.29 is 18.3 Å². The molecule has 0 aliphatic carbocycles. The molecule has 0 fully saturated rings. The zero-order valence-electron chi connectivity index (χ0n) is 11.3. The first-order valence-electron chi connectivity index (χ1n) is 6.24. The molecule has 0 rings (SSSR count). The quantitative estimate of drug-likeness (QED) is 0.608. The maximum atomic E-state index is 11.4. The van der Waals surface area contributed by atoms with E-state index in [0.717, 1.165) is 26.1 Å². The molecule has 0 saturated heterocycles. The van der Waals surface area contributed by atoms with Crippen LogP contribution >= 0.6 is 0 Å². The van der Waals surface area contributed by atoms with Gasteiger partial charge in [-0.15, -0.1) is 0 Å². The van der Waals surface area contributed by atoms with Crippen LogP contribution < -0.4 is 4.72 Å². The highest BCUT2D eigenvalue weighted by Gasteiger charge is 2.18. The third kappa shape index (κ3) is 8.43. The Morgan fingerprint density at radius 2 is 1.89 bits per heavy atom. The van der Waals surface area contributed by atoms with E-state index in [0.29, 0.717) is 6.42 Å². The Labute approximate surface area is 109 Å². The Bertz CT molecular complexity index is 339. The molecule has 0 aromatic carbocycles. The molecule has 0 aliphatic heterocycles. The predicted octanol–water partition coefficient (Wildman–Crippen LogP) is 0.501. The molecule has 0 radical (unpaired) electrons. The number of hydrogen-bond acceptors (Lipinski definition) is 4. The number of hydrogen-bond donors (Lipinski definition) is 2. The molecule has 0 saturated carbocycles. The highest BCUT2D eigenvalue weighted by Crippen LogP contribution is 2.01. The average molecular weight is 280 g/mol. The average Bonchev–Trinajstić information content (AvgIpc) is 2.21. The van der Waals surface area contributed by atoms with Crippen LogP contribution in [0.15, 0.2) is 0 Å². The molecule has 0 amide bonds. The summed E-state index contributed by atoms with van der Waals surface area (Å²) in [4.78, 5) is 12.6. The molecule has 0 bridgehead atoms. The Morgan fingerprint density at radius 1 is 1.33 bits per heavy atom. The van der Waals surface area contributed by atoms with Crippen LogP contribution in [0.2, 0.25) is 0 Å². The van der Waals surface area contributed by atoms with Gasteiger partial charge in [0.1, 0.15) is 0 Å². The molecule has 0 aromatic heterocycles. The van der Waals surface area contributed by atoms with Gasteiger partial charge in [0.2, 0.25) is 10.0 Å². The van der Waals surface area contributed by atoms with Crippen LogP contribution in [-0.2, 0) is 14.8 Å². The summed E-state index contributed by atoms with van der Waals surface area (Å²) in [5.74, 6) is -2.20. The first kappa shape index (κ1) is 17.3. The first-order valence-corrected chi connectivity index (χ1v) is 7.90. The van der Waals surface area contributed by atoms with Crippen molar-refractivity contribution in [3.8, 4) is 0 Å². The normalized spacial score (nSPS) is 13.8. The smallest absolute Gasteiger partial charge is 0.320 e. The van der Waals surface area contributed by atoms with Crippen LogP contribution in [0.25, 0.3) is 0 Å². The minimum Gasteiger partial charge on any atom is -0.480 e. The Hall–Kier alpha value is -0.660. The number of nitrogens with zero attached hydrogens (tertiary/aromatic N) is 1. The molecule has 1 unspecified atom stereocenters. The minimum absolute atomic E-state index is 0.232. The van der Waals surface area contributed by atoms with Crippen LogP contribution in [0.5, 0.6) is 0 Å². The lowest BCUT2D eigenvalue weighted by Crippen LogP contribution is -2.37. The lowest BCUT2D eigenvalue weighted by molar-refractivity contribution is -0.134. The highest BCUT2D eigenvalue weighted by molar-refractivity contribution is 7.90. The fraction of sp³-hybridized carbons (Fsp3) is 0.909. The lowest BCUT2D eigenvalue weighted by atomic mass is 10.2. The molecule has 0 heterocycles. The van der Waals surface area contributed by atoms with Crippen molar-refractivity contribution in [1.82, 2.24) is 9.62 Å². The molecule has 7 heteroatoms. The van der Waals surface area contributed by atoms with Crippen molar-refractivity contribution in [3.63, 3.8) is 0 Å². The number of carboxylic acid groups (broad SMARTS) is 1. The number of aliphatic carboxylic acids is 1. The second-order valence-corrected chi connectivity index (χ2v) is 6.09. The van der Waals surface area contributed by atoms with Crippen LogP contribution in [0.4, 0.5) is 0 Å². The first-order chi connectivity index (χ1) is 8.30. The van der Waals surface area contributed by atoms with Gasteiger partial charge >= 0.3 is 5.97 Å². The van der Waals surface area contributed by atoms with Gasteiger partial charge in [0, 0.05) is 6.04 Å². The summed E-state index contributed by atoms with van der Waals surface area (Å²) in [6, 6.07) is -0.232. The molecule has 0 aliphatic rings. The SMILES string of the molecule is CCN(CC)CCCC(C)NS(=O)(=O)CC(=O)O. The topological polar surface area (TPSA) is 86.7 Å². The van der Waals surface area contributed by atoms with Gasteiger partial charge in [-0.25, -0.2) is 13.1 Å². The molecule has 108 valence electrons. The summed E-state index contributed by atoms with van der Waals surface area (Å²) in [5.41, 5.74) is 0. The van der Waals surface area contributed by atoms with Crippen molar-refractivity contribution in [1.29, 1.82) is 0 Å².